The molecular formula is C22H28N2O8. The van der Waals surface area contributed by atoms with Crippen LogP contribution in [0, 0.1) is 5.92 Å². The number of hydrogen-bond donors (Lipinski definition) is 5. The van der Waals surface area contributed by atoms with Crippen LogP contribution >= 0.6 is 0 Å². The van der Waals surface area contributed by atoms with Crippen LogP contribution in [0.1, 0.15) is 65.7 Å². The molecule has 1 aromatic rings. The number of unbranched alkanes of at least 4 members (excludes halogenated alkanes) is 3. The van der Waals surface area contributed by atoms with E-state index in [4.69, 9.17) is 5.11 Å². The van der Waals surface area contributed by atoms with Gasteiger partial charge in [0.2, 0.25) is 5.91 Å². The number of nitrogens with zero attached hydrogens (tertiary/aromatic N) is 1. The summed E-state index contributed by atoms with van der Waals surface area (Å²) < 4.78 is 0. The molecule has 5 N–H and O–H groups in total. The van der Waals surface area contributed by atoms with Crippen LogP contribution in [0.3, 0.4) is 0 Å². The van der Waals surface area contributed by atoms with E-state index in [1.165, 1.54) is 12.1 Å². The third kappa shape index (κ3) is 4.69. The maximum Gasteiger partial charge on any atom is 0.336 e. The Hall–Kier alpha value is -3.14. The second-order valence-corrected chi connectivity index (χ2v) is 8.41. The summed E-state index contributed by atoms with van der Waals surface area (Å²) in [6, 6.07) is 3.55. The molecule has 0 radical (unpaired) electrons. The third-order valence-corrected chi connectivity index (χ3v) is 6.36. The van der Waals surface area contributed by atoms with E-state index in [-0.39, 0.29) is 29.2 Å². The lowest BCUT2D eigenvalue weighted by Gasteiger charge is -2.30. The minimum Gasteiger partial charge on any atom is -0.508 e. The zero-order valence-electron chi connectivity index (χ0n) is 17.6. The molecule has 1 heterocycles. The molecule has 0 bridgehead atoms. The number of phenols is 1. The number of carbonyl (C=O) groups excluding carboxylic acids is 2. The van der Waals surface area contributed by atoms with E-state index in [0.717, 1.165) is 18.9 Å². The van der Waals surface area contributed by atoms with Crippen molar-refractivity contribution in [3.05, 3.63) is 29.3 Å². The Balaban J connectivity index is 1.38. The number of carboxylic acids is 2. The van der Waals surface area contributed by atoms with Gasteiger partial charge in [0.25, 0.3) is 5.91 Å². The molecule has 1 aliphatic heterocycles. The fraction of sp³-hybridized carbons (Fsp3) is 0.545. The van der Waals surface area contributed by atoms with Crippen molar-refractivity contribution >= 4 is 23.8 Å². The summed E-state index contributed by atoms with van der Waals surface area (Å²) in [6.07, 6.45) is 3.14. The van der Waals surface area contributed by atoms with E-state index in [0.29, 0.717) is 38.8 Å². The van der Waals surface area contributed by atoms with Gasteiger partial charge in [0.15, 0.2) is 0 Å². The van der Waals surface area contributed by atoms with Gasteiger partial charge in [-0.3, -0.25) is 14.4 Å². The monoisotopic (exact) mass is 448 g/mol. The lowest BCUT2D eigenvalue weighted by molar-refractivity contribution is -0.147. The van der Waals surface area contributed by atoms with Gasteiger partial charge in [-0.1, -0.05) is 12.8 Å². The van der Waals surface area contributed by atoms with Gasteiger partial charge in [-0.2, -0.15) is 0 Å². The number of phenolic OH excluding ortho intramolecular Hbond substituents is 1. The van der Waals surface area contributed by atoms with Crippen LogP contribution in [-0.2, 0) is 9.59 Å². The van der Waals surface area contributed by atoms with Gasteiger partial charge in [0.1, 0.15) is 11.3 Å². The number of hydrogen-bond acceptors (Lipinski definition) is 6. The van der Waals surface area contributed by atoms with Crippen LogP contribution in [0.2, 0.25) is 0 Å². The average Bonchev–Trinajstić information content (AvgIpc) is 3.30. The number of aliphatic carboxylic acids is 1. The Kier molecular flexibility index (Phi) is 7.02. The number of aliphatic hydroxyl groups is 1. The fourth-order valence-electron chi connectivity index (χ4n) is 4.61. The number of aromatic carboxylic acids is 1. The van der Waals surface area contributed by atoms with Gasteiger partial charge in [-0.25, -0.2) is 4.79 Å². The number of carboxylic acid groups (broad SMARTS) is 2. The van der Waals surface area contributed by atoms with Gasteiger partial charge in [-0.15, -0.1) is 0 Å². The third-order valence-electron chi connectivity index (χ3n) is 6.36. The highest BCUT2D eigenvalue weighted by atomic mass is 16.4. The Morgan fingerprint density at radius 1 is 1.09 bits per heavy atom. The molecule has 3 atom stereocenters. The van der Waals surface area contributed by atoms with E-state index >= 15 is 0 Å². The zero-order chi connectivity index (χ0) is 23.5. The van der Waals surface area contributed by atoms with Crippen LogP contribution in [-0.4, -0.2) is 73.8 Å². The molecule has 32 heavy (non-hydrogen) atoms. The number of rotatable bonds is 10. The number of benzene rings is 1. The summed E-state index contributed by atoms with van der Waals surface area (Å²) in [5.74, 6) is -4.12. The van der Waals surface area contributed by atoms with E-state index in [2.05, 4.69) is 5.32 Å². The van der Waals surface area contributed by atoms with Gasteiger partial charge >= 0.3 is 11.9 Å². The average molecular weight is 448 g/mol. The number of carbonyl (C=O) groups is 4. The normalized spacial score (nSPS) is 24.4. The van der Waals surface area contributed by atoms with Crippen LogP contribution in [0.4, 0.5) is 0 Å². The van der Waals surface area contributed by atoms with E-state index < -0.39 is 35.4 Å². The van der Waals surface area contributed by atoms with Crippen LogP contribution < -0.4 is 5.32 Å². The van der Waals surface area contributed by atoms with Crippen molar-refractivity contribution in [3.63, 3.8) is 0 Å². The molecule has 2 aliphatic rings. The van der Waals surface area contributed by atoms with Gasteiger partial charge in [0.05, 0.1) is 23.1 Å². The van der Waals surface area contributed by atoms with Gasteiger partial charge in [-0.05, 0) is 50.3 Å². The molecule has 0 aromatic heterocycles. The molecule has 1 aliphatic carbocycles. The van der Waals surface area contributed by atoms with Gasteiger partial charge in [0, 0.05) is 13.1 Å². The number of aromatic hydroxyl groups is 1. The van der Waals surface area contributed by atoms with Crippen molar-refractivity contribution in [2.75, 3.05) is 13.1 Å². The lowest BCUT2D eigenvalue weighted by Crippen LogP contribution is -2.42. The minimum atomic E-state index is -1.30. The highest BCUT2D eigenvalue weighted by Gasteiger charge is 2.69. The van der Waals surface area contributed by atoms with Crippen LogP contribution in [0.5, 0.6) is 5.75 Å². The molecule has 174 valence electrons. The summed E-state index contributed by atoms with van der Waals surface area (Å²) in [7, 11) is 0. The summed E-state index contributed by atoms with van der Waals surface area (Å²) in [5, 5.41) is 40.4. The first kappa shape index (κ1) is 23.5. The molecule has 1 spiro atoms. The maximum atomic E-state index is 12.4. The minimum absolute atomic E-state index is 0.0220. The SMILES string of the molecule is O=C(O)c1cc(O)ccc1C(=O)NCCCCCCN1C(=O)C12CCC(O)CC2C(=O)O. The molecule has 3 rings (SSSR count). The highest BCUT2D eigenvalue weighted by molar-refractivity contribution is 6.06. The number of nitrogens with one attached hydrogen (secondary N) is 1. The molecule has 1 aromatic carbocycles. The Bertz CT molecular complexity index is 917. The molecule has 10 heteroatoms. The first-order chi connectivity index (χ1) is 15.2. The predicted octanol–water partition coefficient (Wildman–Crippen LogP) is 1.21. The van der Waals surface area contributed by atoms with Crippen molar-refractivity contribution in [2.24, 2.45) is 5.92 Å². The van der Waals surface area contributed by atoms with E-state index in [1.807, 2.05) is 0 Å². The summed E-state index contributed by atoms with van der Waals surface area (Å²) in [6.45, 7) is 0.824. The van der Waals surface area contributed by atoms with Crippen LogP contribution in [0.25, 0.3) is 0 Å². The Morgan fingerprint density at radius 2 is 1.81 bits per heavy atom. The lowest BCUT2D eigenvalue weighted by atomic mass is 9.77. The second kappa shape index (κ2) is 9.56. The summed E-state index contributed by atoms with van der Waals surface area (Å²) in [4.78, 5) is 49.0. The molecular weight excluding hydrogens is 420 g/mol. The highest BCUT2D eigenvalue weighted by Crippen LogP contribution is 2.50. The smallest absolute Gasteiger partial charge is 0.336 e. The standard InChI is InChI=1S/C22H28N2O8/c25-13-5-6-15(16(11-13)19(28)29)18(27)23-9-3-1-2-4-10-24-21(32)22(24)8-7-14(26)12-17(22)20(30)31/h5-6,11,14,17,25-26H,1-4,7-10,12H2,(H,23,27)(H,28,29)(H,30,31). The second-order valence-electron chi connectivity index (χ2n) is 8.41. The number of aliphatic hydroxyl groups excluding tert-OH is 1. The van der Waals surface area contributed by atoms with Crippen molar-refractivity contribution in [2.45, 2.75) is 56.6 Å². The topological polar surface area (TPSA) is 164 Å². The largest absolute Gasteiger partial charge is 0.508 e. The summed E-state index contributed by atoms with van der Waals surface area (Å²) in [5.41, 5.74) is -1.24. The van der Waals surface area contributed by atoms with Gasteiger partial charge < -0.3 is 30.6 Å². The van der Waals surface area contributed by atoms with Crippen molar-refractivity contribution in [3.8, 4) is 5.75 Å². The Morgan fingerprint density at radius 3 is 2.50 bits per heavy atom. The molecule has 2 fully saturated rings. The van der Waals surface area contributed by atoms with E-state index in [1.54, 1.807) is 4.90 Å². The van der Waals surface area contributed by atoms with Crippen LogP contribution in [0.15, 0.2) is 18.2 Å². The van der Waals surface area contributed by atoms with Crippen molar-refractivity contribution < 1.29 is 39.6 Å². The zero-order valence-corrected chi connectivity index (χ0v) is 17.6. The van der Waals surface area contributed by atoms with Crippen molar-refractivity contribution in [1.82, 2.24) is 10.2 Å². The molecule has 10 nitrogen and oxygen atoms in total. The first-order valence-corrected chi connectivity index (χ1v) is 10.8. The van der Waals surface area contributed by atoms with Crippen molar-refractivity contribution in [1.29, 1.82) is 0 Å². The molecule has 1 saturated carbocycles. The fourth-order valence-corrected chi connectivity index (χ4v) is 4.61. The summed E-state index contributed by atoms with van der Waals surface area (Å²) >= 11 is 0. The first-order valence-electron chi connectivity index (χ1n) is 10.8. The van der Waals surface area contributed by atoms with E-state index in [9.17, 15) is 34.5 Å². The molecule has 2 amide bonds. The molecule has 1 saturated heterocycles. The number of amides is 2. The predicted molar refractivity (Wildman–Crippen MR) is 111 cm³/mol. The maximum absolute atomic E-state index is 12.4. The molecule has 3 unspecified atom stereocenters. The quantitative estimate of drug-likeness (QED) is 0.263. The Labute approximate surface area is 184 Å².